The van der Waals surface area contributed by atoms with E-state index in [9.17, 15) is 4.79 Å². The number of hydrogen-bond donors (Lipinski definition) is 1. The van der Waals surface area contributed by atoms with E-state index in [0.717, 1.165) is 0 Å². The Labute approximate surface area is 70.7 Å². The Morgan fingerprint density at radius 1 is 1.82 bits per heavy atom. The van der Waals surface area contributed by atoms with Gasteiger partial charge >= 0.3 is 5.97 Å². The number of hydrogen-bond acceptors (Lipinski definition) is 3. The second-order valence-electron chi connectivity index (χ2n) is 1.75. The molecule has 0 aliphatic rings. The highest BCUT2D eigenvalue weighted by molar-refractivity contribution is 6.29. The van der Waals surface area contributed by atoms with Gasteiger partial charge < -0.3 is 10.1 Å². The van der Waals surface area contributed by atoms with Crippen LogP contribution in [0.2, 0.25) is 0 Å². The lowest BCUT2D eigenvalue weighted by Gasteiger charge is -1.95. The molecule has 0 spiro atoms. The molecule has 0 aromatic heterocycles. The van der Waals surface area contributed by atoms with E-state index in [4.69, 9.17) is 11.6 Å². The average molecular weight is 176 g/mol. The summed E-state index contributed by atoms with van der Waals surface area (Å²) in [6, 6.07) is 0. The first kappa shape index (κ1) is 10.0. The molecule has 0 saturated carbocycles. The fourth-order valence-corrected chi connectivity index (χ4v) is 0.442. The highest BCUT2D eigenvalue weighted by Gasteiger charge is 1.88. The van der Waals surface area contributed by atoms with Gasteiger partial charge in [-0.15, -0.1) is 0 Å². The molecule has 0 heterocycles. The summed E-state index contributed by atoms with van der Waals surface area (Å²) in [7, 11) is 1.31. The second kappa shape index (κ2) is 5.80. The van der Waals surface area contributed by atoms with Gasteiger partial charge in [0, 0.05) is 23.9 Å². The molecule has 4 heteroatoms. The highest BCUT2D eigenvalue weighted by Crippen LogP contribution is 1.91. The second-order valence-corrected chi connectivity index (χ2v) is 2.29. The zero-order chi connectivity index (χ0) is 8.69. The number of halogens is 1. The van der Waals surface area contributed by atoms with Crippen LogP contribution < -0.4 is 5.32 Å². The first-order chi connectivity index (χ1) is 5.16. The average Bonchev–Trinajstić information content (AvgIpc) is 1.97. The summed E-state index contributed by atoms with van der Waals surface area (Å²) >= 11 is 5.42. The van der Waals surface area contributed by atoms with Gasteiger partial charge in [-0.1, -0.05) is 18.2 Å². The molecule has 0 rings (SSSR count). The lowest BCUT2D eigenvalue weighted by atomic mass is 10.5. The van der Waals surface area contributed by atoms with Crippen LogP contribution in [0, 0.1) is 0 Å². The summed E-state index contributed by atoms with van der Waals surface area (Å²) in [4.78, 5) is 10.5. The van der Waals surface area contributed by atoms with Gasteiger partial charge in [0.1, 0.15) is 0 Å². The van der Waals surface area contributed by atoms with Crippen molar-refractivity contribution in [3.8, 4) is 0 Å². The lowest BCUT2D eigenvalue weighted by Crippen LogP contribution is -2.07. The van der Waals surface area contributed by atoms with Crippen LogP contribution in [0.4, 0.5) is 0 Å². The van der Waals surface area contributed by atoms with E-state index in [1.54, 1.807) is 0 Å². The fourth-order valence-electron chi connectivity index (χ4n) is 0.365. The topological polar surface area (TPSA) is 38.3 Å². The van der Waals surface area contributed by atoms with E-state index in [2.05, 4.69) is 16.6 Å². The first-order valence-corrected chi connectivity index (χ1v) is 3.35. The Hall–Kier alpha value is -0.960. The van der Waals surface area contributed by atoms with Gasteiger partial charge in [-0.3, -0.25) is 0 Å². The maximum absolute atomic E-state index is 10.5. The summed E-state index contributed by atoms with van der Waals surface area (Å²) in [5, 5.41) is 3.22. The van der Waals surface area contributed by atoms with Crippen molar-refractivity contribution in [2.45, 2.75) is 0 Å². The van der Waals surface area contributed by atoms with Crippen molar-refractivity contribution < 1.29 is 9.53 Å². The summed E-state index contributed by atoms with van der Waals surface area (Å²) < 4.78 is 4.34. The number of carbonyl (C=O) groups excluding carboxylic acids is 1. The van der Waals surface area contributed by atoms with E-state index in [1.165, 1.54) is 19.4 Å². The molecule has 0 unspecified atom stereocenters. The molecule has 3 nitrogen and oxygen atoms in total. The van der Waals surface area contributed by atoms with Gasteiger partial charge in [0.25, 0.3) is 0 Å². The molecular weight excluding hydrogens is 166 g/mol. The summed E-state index contributed by atoms with van der Waals surface area (Å²) in [6.07, 6.45) is 2.72. The van der Waals surface area contributed by atoms with Crippen molar-refractivity contribution in [1.82, 2.24) is 5.32 Å². The van der Waals surface area contributed by atoms with Crippen molar-refractivity contribution in [3.63, 3.8) is 0 Å². The Kier molecular flexibility index (Phi) is 5.29. The lowest BCUT2D eigenvalue weighted by molar-refractivity contribution is -0.134. The molecule has 11 heavy (non-hydrogen) atoms. The molecule has 0 bridgehead atoms. The Morgan fingerprint density at radius 3 is 2.91 bits per heavy atom. The summed E-state index contributed by atoms with van der Waals surface area (Å²) in [6.45, 7) is 3.88. The van der Waals surface area contributed by atoms with Crippen molar-refractivity contribution in [2.75, 3.05) is 13.7 Å². The summed E-state index contributed by atoms with van der Waals surface area (Å²) in [5.74, 6) is -0.405. The van der Waals surface area contributed by atoms with E-state index >= 15 is 0 Å². The number of nitrogens with one attached hydrogen (secondary N) is 1. The third-order valence-electron chi connectivity index (χ3n) is 0.832. The van der Waals surface area contributed by atoms with Crippen LogP contribution in [0.3, 0.4) is 0 Å². The van der Waals surface area contributed by atoms with Crippen LogP contribution in [0.1, 0.15) is 0 Å². The minimum absolute atomic E-state index is 0.405. The number of ether oxygens (including phenoxy) is 1. The van der Waals surface area contributed by atoms with Gasteiger partial charge in [0.05, 0.1) is 7.11 Å². The zero-order valence-electron chi connectivity index (χ0n) is 6.26. The smallest absolute Gasteiger partial charge is 0.331 e. The maximum atomic E-state index is 10.5. The number of rotatable bonds is 4. The molecular formula is C7H10ClNO2. The molecule has 0 radical (unpaired) electrons. The molecule has 62 valence electrons. The molecule has 0 saturated heterocycles. The molecule has 0 aromatic rings. The molecule has 1 N–H and O–H groups in total. The molecule has 0 aromatic carbocycles. The largest absolute Gasteiger partial charge is 0.466 e. The van der Waals surface area contributed by atoms with Gasteiger partial charge in [0.2, 0.25) is 0 Å². The van der Waals surface area contributed by atoms with Gasteiger partial charge in [0.15, 0.2) is 0 Å². The fraction of sp³-hybridized carbons (Fsp3) is 0.286. The van der Waals surface area contributed by atoms with Crippen LogP contribution in [-0.4, -0.2) is 19.6 Å². The number of carbonyl (C=O) groups is 1. The SMILES string of the molecule is C=C(Cl)CN/C=C/C(=O)OC. The summed E-state index contributed by atoms with van der Waals surface area (Å²) in [5.41, 5.74) is 0. The Bertz CT molecular complexity index is 177. The van der Waals surface area contributed by atoms with E-state index in [0.29, 0.717) is 11.6 Å². The van der Waals surface area contributed by atoms with Crippen LogP contribution in [0.15, 0.2) is 23.9 Å². The van der Waals surface area contributed by atoms with E-state index in [1.807, 2.05) is 0 Å². The van der Waals surface area contributed by atoms with Crippen LogP contribution in [0.25, 0.3) is 0 Å². The minimum atomic E-state index is -0.405. The standard InChI is InChI=1S/C7H10ClNO2/c1-6(8)5-9-4-3-7(10)11-2/h3-4,9H,1,5H2,2H3/b4-3+. The third kappa shape index (κ3) is 6.93. The van der Waals surface area contributed by atoms with Crippen molar-refractivity contribution in [1.29, 1.82) is 0 Å². The Morgan fingerprint density at radius 2 is 2.45 bits per heavy atom. The van der Waals surface area contributed by atoms with Crippen molar-refractivity contribution in [3.05, 3.63) is 23.9 Å². The minimum Gasteiger partial charge on any atom is -0.466 e. The zero-order valence-corrected chi connectivity index (χ0v) is 7.02. The van der Waals surface area contributed by atoms with Crippen LogP contribution >= 0.6 is 11.6 Å². The maximum Gasteiger partial charge on any atom is 0.331 e. The third-order valence-corrected chi connectivity index (χ3v) is 0.966. The molecule has 0 amide bonds. The Balaban J connectivity index is 3.45. The normalized spacial score (nSPS) is 9.64. The predicted molar refractivity (Wildman–Crippen MR) is 44.2 cm³/mol. The van der Waals surface area contributed by atoms with E-state index in [-0.39, 0.29) is 0 Å². The molecule has 0 atom stereocenters. The number of methoxy groups -OCH3 is 1. The predicted octanol–water partition coefficient (Wildman–Crippen LogP) is 1.02. The van der Waals surface area contributed by atoms with Gasteiger partial charge in [-0.25, -0.2) is 4.79 Å². The number of esters is 1. The van der Waals surface area contributed by atoms with Gasteiger partial charge in [-0.05, 0) is 0 Å². The first-order valence-electron chi connectivity index (χ1n) is 2.98. The molecule has 0 aliphatic carbocycles. The monoisotopic (exact) mass is 175 g/mol. The molecule has 0 fully saturated rings. The van der Waals surface area contributed by atoms with Gasteiger partial charge in [-0.2, -0.15) is 0 Å². The van der Waals surface area contributed by atoms with E-state index < -0.39 is 5.97 Å². The van der Waals surface area contributed by atoms with Crippen LogP contribution in [0.5, 0.6) is 0 Å². The highest BCUT2D eigenvalue weighted by atomic mass is 35.5. The van der Waals surface area contributed by atoms with Crippen molar-refractivity contribution >= 4 is 17.6 Å². The quantitative estimate of drug-likeness (QED) is 0.512. The van der Waals surface area contributed by atoms with Crippen molar-refractivity contribution in [2.24, 2.45) is 0 Å². The van der Waals surface area contributed by atoms with Crippen LogP contribution in [-0.2, 0) is 9.53 Å². The molecule has 0 aliphatic heterocycles.